The Morgan fingerprint density at radius 1 is 0.673 bits per heavy atom. The molecule has 1 unspecified atom stereocenters. The number of aromatic nitrogens is 6. The van der Waals surface area contributed by atoms with Crippen LogP contribution in [0.3, 0.4) is 0 Å². The van der Waals surface area contributed by atoms with Crippen molar-refractivity contribution in [1.82, 2.24) is 29.9 Å². The van der Waals surface area contributed by atoms with Crippen LogP contribution in [0.25, 0.3) is 56.2 Å². The minimum Gasteiger partial charge on any atom is -0.464 e. The molecule has 0 fully saturated rings. The molecule has 0 spiro atoms. The van der Waals surface area contributed by atoms with E-state index in [1.165, 1.54) is 11.3 Å². The van der Waals surface area contributed by atoms with E-state index in [9.17, 15) is 0 Å². The summed E-state index contributed by atoms with van der Waals surface area (Å²) >= 11 is 1.53. The molecule has 10 rings (SSSR count). The Morgan fingerprint density at radius 3 is 2.37 bits per heavy atom. The van der Waals surface area contributed by atoms with Crippen LogP contribution in [0.4, 0.5) is 5.69 Å². The highest BCUT2D eigenvalue weighted by molar-refractivity contribution is 8.46. The van der Waals surface area contributed by atoms with Gasteiger partial charge in [0, 0.05) is 74.6 Å². The van der Waals surface area contributed by atoms with Gasteiger partial charge in [0.2, 0.25) is 0 Å². The lowest BCUT2D eigenvalue weighted by atomic mass is 9.88. The molecule has 0 amide bonds. The molecule has 0 bridgehead atoms. The number of rotatable bonds is 7. The number of para-hydroxylation sites is 1. The Labute approximate surface area is 283 Å². The third-order valence-electron chi connectivity index (χ3n) is 8.51. The van der Waals surface area contributed by atoms with Crippen LogP contribution in [0.15, 0.2) is 161 Å². The van der Waals surface area contributed by atoms with Gasteiger partial charge in [0.05, 0.1) is 23.8 Å². The predicted molar refractivity (Wildman–Crippen MR) is 188 cm³/mol. The molecule has 0 aliphatic carbocycles. The normalized spacial score (nSPS) is 16.9. The third-order valence-corrected chi connectivity index (χ3v) is 13.3. The first kappa shape index (κ1) is 27.8. The lowest BCUT2D eigenvalue weighted by Crippen LogP contribution is -2.14. The monoisotopic (exact) mass is 677 g/mol. The van der Waals surface area contributed by atoms with Crippen molar-refractivity contribution < 1.29 is 13.3 Å². The van der Waals surface area contributed by atoms with E-state index in [4.69, 9.17) is 38.2 Å². The highest BCUT2D eigenvalue weighted by Gasteiger charge is 2.53. The van der Waals surface area contributed by atoms with Gasteiger partial charge in [-0.25, -0.2) is 19.9 Å². The van der Waals surface area contributed by atoms with Gasteiger partial charge in [-0.2, -0.15) is 0 Å². The first-order valence-electron chi connectivity index (χ1n) is 15.4. The molecule has 8 heterocycles. The Morgan fingerprint density at radius 2 is 1.63 bits per heavy atom. The average molecular weight is 678 g/mol. The van der Waals surface area contributed by atoms with Gasteiger partial charge < -0.3 is 23.2 Å². The summed E-state index contributed by atoms with van der Waals surface area (Å²) in [4.78, 5) is 33.1. The number of benzene rings is 2. The van der Waals surface area contributed by atoms with Crippen molar-refractivity contribution in [3.63, 3.8) is 0 Å². The van der Waals surface area contributed by atoms with E-state index in [2.05, 4.69) is 9.97 Å². The van der Waals surface area contributed by atoms with Crippen LogP contribution in [0.2, 0.25) is 0 Å². The second-order valence-electron chi connectivity index (χ2n) is 11.2. The molecule has 2 aromatic carbocycles. The summed E-state index contributed by atoms with van der Waals surface area (Å²) in [6, 6.07) is 23.7. The van der Waals surface area contributed by atoms with E-state index in [0.717, 1.165) is 53.8 Å². The van der Waals surface area contributed by atoms with Crippen molar-refractivity contribution in [3.8, 4) is 45.2 Å². The molecule has 1 atom stereocenters. The van der Waals surface area contributed by atoms with Gasteiger partial charge in [0.15, 0.2) is 10.1 Å². The van der Waals surface area contributed by atoms with Gasteiger partial charge in [0.1, 0.15) is 28.5 Å². The zero-order valence-corrected chi connectivity index (χ0v) is 27.0. The smallest absolute Gasteiger partial charge is 0.253 e. The lowest BCUT2D eigenvalue weighted by molar-refractivity contribution is 0.450. The fourth-order valence-corrected chi connectivity index (χ4v) is 11.7. The van der Waals surface area contributed by atoms with Crippen molar-refractivity contribution in [2.45, 2.75) is 14.5 Å². The minimum atomic E-state index is -2.67. The topological polar surface area (TPSA) is 135 Å². The van der Waals surface area contributed by atoms with Crippen molar-refractivity contribution in [1.29, 1.82) is 0 Å². The summed E-state index contributed by atoms with van der Waals surface area (Å²) in [6.45, 7) is 0. The van der Waals surface area contributed by atoms with Crippen LogP contribution in [0.1, 0.15) is 5.76 Å². The van der Waals surface area contributed by atoms with Crippen molar-refractivity contribution in [2.75, 3.05) is 0 Å². The number of oxazole rings is 1. The van der Waals surface area contributed by atoms with E-state index in [-0.39, 0.29) is 0 Å². The van der Waals surface area contributed by atoms with Gasteiger partial charge >= 0.3 is 0 Å². The van der Waals surface area contributed by atoms with E-state index in [1.54, 1.807) is 37.3 Å². The van der Waals surface area contributed by atoms with Crippen LogP contribution < -0.4 is 0 Å². The lowest BCUT2D eigenvalue weighted by Gasteiger charge is -2.34. The maximum Gasteiger partial charge on any atom is 0.253 e. The van der Waals surface area contributed by atoms with Gasteiger partial charge in [-0.15, -0.1) is 11.3 Å². The molecule has 1 aliphatic heterocycles. The van der Waals surface area contributed by atoms with Crippen LogP contribution in [-0.4, -0.2) is 34.9 Å². The van der Waals surface area contributed by atoms with Gasteiger partial charge in [-0.1, -0.05) is 24.3 Å². The van der Waals surface area contributed by atoms with Gasteiger partial charge in [0.25, 0.3) is 5.22 Å². The number of aliphatic imine (C=N–C) groups is 1. The first-order valence-corrected chi connectivity index (χ1v) is 17.9. The van der Waals surface area contributed by atoms with Crippen LogP contribution in [0.5, 0.6) is 0 Å². The fraction of sp³-hybridized carbons (Fsp3) is 0. The quantitative estimate of drug-likeness (QED) is 0.171. The Hall–Kier alpha value is -6.24. The van der Waals surface area contributed by atoms with E-state index in [1.807, 2.05) is 90.6 Å². The fourth-order valence-electron chi connectivity index (χ4n) is 6.63. The molecule has 7 aromatic heterocycles. The van der Waals surface area contributed by atoms with Crippen LogP contribution in [0, 0.1) is 0 Å². The second-order valence-corrected chi connectivity index (χ2v) is 15.1. The number of nitrogens with zero attached hydrogens (tertiary/aromatic N) is 5. The number of aromatic amines is 2. The highest BCUT2D eigenvalue weighted by atomic mass is 32.3. The van der Waals surface area contributed by atoms with E-state index < -0.39 is 10.0 Å². The third kappa shape index (κ3) is 4.04. The molecule has 10 nitrogen and oxygen atoms in total. The van der Waals surface area contributed by atoms with Gasteiger partial charge in [-0.3, -0.25) is 4.98 Å². The molecule has 9 aromatic rings. The average Bonchev–Trinajstić information content (AvgIpc) is 3.97. The van der Waals surface area contributed by atoms with Crippen molar-refractivity contribution in [2.24, 2.45) is 4.99 Å². The number of H-pyrrole nitrogens is 2. The summed E-state index contributed by atoms with van der Waals surface area (Å²) in [6.07, 6.45) is 14.0. The molecule has 12 heteroatoms. The molecular formula is C37H23N7O3S2. The number of imidazole rings is 1. The maximum absolute atomic E-state index is 6.65. The molecule has 2 N–H and O–H groups in total. The van der Waals surface area contributed by atoms with Crippen LogP contribution in [-0.2, 0) is 0 Å². The summed E-state index contributed by atoms with van der Waals surface area (Å²) in [5.74, 6) is 1.88. The summed E-state index contributed by atoms with van der Waals surface area (Å²) in [5.41, 5.74) is 6.28. The first-order chi connectivity index (χ1) is 24.3. The molecule has 1 aliphatic rings. The maximum atomic E-state index is 6.65. The Balaban J connectivity index is 1.48. The zero-order chi connectivity index (χ0) is 32.4. The molecule has 0 radical (unpaired) electrons. The molecule has 0 saturated carbocycles. The molecule has 0 saturated heterocycles. The summed E-state index contributed by atoms with van der Waals surface area (Å²) in [5, 5.41) is 4.07. The number of pyridine rings is 1. The number of hydrogen-bond acceptors (Lipinski definition) is 9. The van der Waals surface area contributed by atoms with E-state index >= 15 is 0 Å². The van der Waals surface area contributed by atoms with E-state index in [0.29, 0.717) is 33.3 Å². The number of fused-ring (bicyclic) bond motifs is 2. The highest BCUT2D eigenvalue weighted by Crippen LogP contribution is 2.79. The summed E-state index contributed by atoms with van der Waals surface area (Å²) < 4.78 is 20.0. The number of hydrogen-bond donors (Lipinski definition) is 2. The van der Waals surface area contributed by atoms with Crippen molar-refractivity contribution in [3.05, 3.63) is 134 Å². The zero-order valence-electron chi connectivity index (χ0n) is 25.4. The minimum absolute atomic E-state index is 0.475. The van der Waals surface area contributed by atoms with Crippen molar-refractivity contribution >= 4 is 43.1 Å². The Bertz CT molecular complexity index is 2520. The predicted octanol–water partition coefficient (Wildman–Crippen LogP) is 9.96. The molecule has 236 valence electrons. The van der Waals surface area contributed by atoms with Crippen LogP contribution >= 0.6 is 21.4 Å². The second kappa shape index (κ2) is 10.9. The largest absolute Gasteiger partial charge is 0.464 e. The molecular weight excluding hydrogens is 655 g/mol. The number of furan rings is 2. The SMILES string of the molecule is c1ccc(-c2c(-c3ccco3)c(-c3ccc[nH]3)c3c(c2-c2ncc[nH]2)S(c2ncco2)(c2nccs2)C(c2cc4ccccc4o2)=N3)nc1. The summed E-state index contributed by atoms with van der Waals surface area (Å²) in [7, 11) is -2.67. The number of nitrogens with one attached hydrogen (secondary N) is 2. The molecule has 49 heavy (non-hydrogen) atoms. The Kier molecular flexibility index (Phi) is 6.19. The standard InChI is InChI=1S/C37H23N7O3S2/c1-2-10-25-22(7-1)21-27(47-25)35-44-32-29(24-9-5-13-39-24)30(26-11-6-18-45-26)28(23-8-3-4-12-38-23)31(34-40-14-15-41-34)33(32)49(35,36-42-16-19-46-36)37-43-17-20-48-37/h1-21,39H,(H,40,41). The van der Waals surface area contributed by atoms with Gasteiger partial charge in [-0.05, 0) is 58.6 Å². The number of thiazole rings is 1.